The molecule has 0 bridgehead atoms. The summed E-state index contributed by atoms with van der Waals surface area (Å²) in [6.45, 7) is 0. The molecule has 0 spiro atoms. The SMILES string of the molecule is Oc1cc(Br)c(O)c(C(F)(F)F)c1. The molecule has 0 saturated carbocycles. The van der Waals surface area contributed by atoms with Crippen molar-refractivity contribution in [3.63, 3.8) is 0 Å². The number of benzene rings is 1. The zero-order valence-electron chi connectivity index (χ0n) is 6.06. The maximum atomic E-state index is 12.1. The summed E-state index contributed by atoms with van der Waals surface area (Å²) in [5.74, 6) is -1.48. The summed E-state index contributed by atoms with van der Waals surface area (Å²) in [7, 11) is 0. The predicted molar refractivity (Wildman–Crippen MR) is 42.5 cm³/mol. The maximum Gasteiger partial charge on any atom is 0.420 e. The van der Waals surface area contributed by atoms with Crippen molar-refractivity contribution in [3.8, 4) is 11.5 Å². The van der Waals surface area contributed by atoms with Gasteiger partial charge in [0, 0.05) is 0 Å². The highest BCUT2D eigenvalue weighted by Gasteiger charge is 2.35. The van der Waals surface area contributed by atoms with Crippen LogP contribution in [0.5, 0.6) is 11.5 Å². The first kappa shape index (κ1) is 10.2. The second-order valence-electron chi connectivity index (χ2n) is 2.32. The summed E-state index contributed by atoms with van der Waals surface area (Å²) in [5.41, 5.74) is -1.26. The standard InChI is InChI=1S/C7H4BrF3O2/c8-5-2-3(12)1-4(6(5)13)7(9,10)11/h1-2,12-13H. The molecule has 0 radical (unpaired) electrons. The fourth-order valence-electron chi connectivity index (χ4n) is 0.801. The highest BCUT2D eigenvalue weighted by molar-refractivity contribution is 9.10. The zero-order valence-corrected chi connectivity index (χ0v) is 7.65. The lowest BCUT2D eigenvalue weighted by atomic mass is 10.2. The number of rotatable bonds is 0. The van der Waals surface area contributed by atoms with Crippen molar-refractivity contribution in [3.05, 3.63) is 22.2 Å². The van der Waals surface area contributed by atoms with Gasteiger partial charge >= 0.3 is 6.18 Å². The molecule has 2 nitrogen and oxygen atoms in total. The Hall–Kier alpha value is -0.910. The van der Waals surface area contributed by atoms with E-state index >= 15 is 0 Å². The molecule has 0 aliphatic heterocycles. The molecule has 0 fully saturated rings. The van der Waals surface area contributed by atoms with E-state index in [2.05, 4.69) is 15.9 Å². The topological polar surface area (TPSA) is 40.5 Å². The van der Waals surface area contributed by atoms with Crippen LogP contribution < -0.4 is 0 Å². The first-order valence-electron chi connectivity index (χ1n) is 3.11. The molecule has 6 heteroatoms. The predicted octanol–water partition coefficient (Wildman–Crippen LogP) is 2.88. The first-order valence-corrected chi connectivity index (χ1v) is 3.90. The molecule has 0 aliphatic rings. The Morgan fingerprint density at radius 1 is 1.15 bits per heavy atom. The van der Waals surface area contributed by atoms with Gasteiger partial charge in [-0.3, -0.25) is 0 Å². The van der Waals surface area contributed by atoms with E-state index in [1.807, 2.05) is 0 Å². The van der Waals surface area contributed by atoms with E-state index in [4.69, 9.17) is 10.2 Å². The number of halogens is 4. The van der Waals surface area contributed by atoms with Gasteiger partial charge in [-0.25, -0.2) is 0 Å². The van der Waals surface area contributed by atoms with Crippen LogP contribution in [-0.2, 0) is 6.18 Å². The van der Waals surface area contributed by atoms with E-state index in [9.17, 15) is 13.2 Å². The molecule has 0 aliphatic carbocycles. The second kappa shape index (κ2) is 3.10. The molecule has 1 rings (SSSR count). The van der Waals surface area contributed by atoms with Gasteiger partial charge in [0.15, 0.2) is 0 Å². The minimum Gasteiger partial charge on any atom is -0.508 e. The van der Waals surface area contributed by atoms with Crippen molar-refractivity contribution < 1.29 is 23.4 Å². The van der Waals surface area contributed by atoms with E-state index in [-0.39, 0.29) is 4.47 Å². The van der Waals surface area contributed by atoms with Crippen LogP contribution in [0.4, 0.5) is 13.2 Å². The monoisotopic (exact) mass is 256 g/mol. The smallest absolute Gasteiger partial charge is 0.420 e. The molecule has 0 heterocycles. The van der Waals surface area contributed by atoms with Crippen LogP contribution in [-0.4, -0.2) is 10.2 Å². The summed E-state index contributed by atoms with van der Waals surface area (Å²) < 4.78 is 36.2. The van der Waals surface area contributed by atoms with Crippen LogP contribution in [0.1, 0.15) is 5.56 Å². The summed E-state index contributed by atoms with van der Waals surface area (Å²) in [6.07, 6.45) is -4.68. The van der Waals surface area contributed by atoms with E-state index < -0.39 is 23.2 Å². The van der Waals surface area contributed by atoms with Crippen LogP contribution in [0.15, 0.2) is 16.6 Å². The third kappa shape index (κ3) is 2.06. The van der Waals surface area contributed by atoms with Crippen molar-refractivity contribution in [1.29, 1.82) is 0 Å². The molecule has 0 unspecified atom stereocenters. The number of aromatic hydroxyl groups is 2. The van der Waals surface area contributed by atoms with Gasteiger partial charge in [0.2, 0.25) is 0 Å². The van der Waals surface area contributed by atoms with Crippen LogP contribution in [0.25, 0.3) is 0 Å². The molecule has 0 amide bonds. The minimum absolute atomic E-state index is 0.195. The third-order valence-corrected chi connectivity index (χ3v) is 1.96. The van der Waals surface area contributed by atoms with Crippen molar-refractivity contribution in [2.45, 2.75) is 6.18 Å². The molecule has 72 valence electrons. The van der Waals surface area contributed by atoms with Crippen LogP contribution in [0, 0.1) is 0 Å². The van der Waals surface area contributed by atoms with Crippen molar-refractivity contribution in [1.82, 2.24) is 0 Å². The number of alkyl halides is 3. The Labute approximate surface area is 79.7 Å². The van der Waals surface area contributed by atoms with Crippen molar-refractivity contribution >= 4 is 15.9 Å². The lowest BCUT2D eigenvalue weighted by Gasteiger charge is -2.10. The summed E-state index contributed by atoms with van der Waals surface area (Å²) in [6, 6.07) is 1.44. The fraction of sp³-hybridized carbons (Fsp3) is 0.143. The van der Waals surface area contributed by atoms with Gasteiger partial charge in [-0.05, 0) is 28.1 Å². The number of hydrogen-bond acceptors (Lipinski definition) is 2. The highest BCUT2D eigenvalue weighted by atomic mass is 79.9. The lowest BCUT2D eigenvalue weighted by molar-refractivity contribution is -0.138. The Balaban J connectivity index is 3.37. The maximum absolute atomic E-state index is 12.1. The summed E-state index contributed by atoms with van der Waals surface area (Å²) >= 11 is 2.68. The Morgan fingerprint density at radius 3 is 2.15 bits per heavy atom. The number of phenols is 2. The third-order valence-electron chi connectivity index (χ3n) is 1.35. The van der Waals surface area contributed by atoms with Gasteiger partial charge in [-0.2, -0.15) is 13.2 Å². The molecule has 1 aromatic rings. The molecule has 0 atom stereocenters. The number of hydrogen-bond donors (Lipinski definition) is 2. The molecule has 1 aromatic carbocycles. The zero-order chi connectivity index (χ0) is 10.2. The molecular formula is C7H4BrF3O2. The Morgan fingerprint density at radius 2 is 1.69 bits per heavy atom. The highest BCUT2D eigenvalue weighted by Crippen LogP contribution is 2.41. The lowest BCUT2D eigenvalue weighted by Crippen LogP contribution is -2.05. The first-order chi connectivity index (χ1) is 5.82. The van der Waals surface area contributed by atoms with Gasteiger partial charge in [-0.15, -0.1) is 0 Å². The van der Waals surface area contributed by atoms with Crippen LogP contribution in [0.2, 0.25) is 0 Å². The quantitative estimate of drug-likeness (QED) is 0.701. The van der Waals surface area contributed by atoms with E-state index in [1.54, 1.807) is 0 Å². The number of phenolic OH excluding ortho intramolecular Hbond substituents is 2. The summed E-state index contributed by atoms with van der Waals surface area (Å²) in [4.78, 5) is 0. The van der Waals surface area contributed by atoms with E-state index in [0.717, 1.165) is 6.07 Å². The van der Waals surface area contributed by atoms with Gasteiger partial charge in [0.25, 0.3) is 0 Å². The molecule has 13 heavy (non-hydrogen) atoms. The average Bonchev–Trinajstić information content (AvgIpc) is 1.94. The average molecular weight is 257 g/mol. The van der Waals surface area contributed by atoms with Gasteiger partial charge in [0.05, 0.1) is 4.47 Å². The molecule has 0 saturated heterocycles. The van der Waals surface area contributed by atoms with Crippen molar-refractivity contribution in [2.24, 2.45) is 0 Å². The normalized spacial score (nSPS) is 11.7. The Bertz CT molecular complexity index is 335. The minimum atomic E-state index is -4.68. The molecule has 2 N–H and O–H groups in total. The second-order valence-corrected chi connectivity index (χ2v) is 3.18. The van der Waals surface area contributed by atoms with Crippen molar-refractivity contribution in [2.75, 3.05) is 0 Å². The fourth-order valence-corrected chi connectivity index (χ4v) is 1.25. The largest absolute Gasteiger partial charge is 0.508 e. The van der Waals surface area contributed by atoms with Crippen LogP contribution >= 0.6 is 15.9 Å². The van der Waals surface area contributed by atoms with Gasteiger partial charge in [0.1, 0.15) is 17.1 Å². The van der Waals surface area contributed by atoms with Gasteiger partial charge in [-0.1, -0.05) is 0 Å². The molecular weight excluding hydrogens is 253 g/mol. The van der Waals surface area contributed by atoms with E-state index in [1.165, 1.54) is 0 Å². The Kier molecular flexibility index (Phi) is 2.42. The van der Waals surface area contributed by atoms with Gasteiger partial charge < -0.3 is 10.2 Å². The van der Waals surface area contributed by atoms with Crippen LogP contribution in [0.3, 0.4) is 0 Å². The molecule has 0 aromatic heterocycles. The van der Waals surface area contributed by atoms with E-state index in [0.29, 0.717) is 6.07 Å². The summed E-state index contributed by atoms with van der Waals surface area (Å²) in [5, 5.41) is 17.8.